The van der Waals surface area contributed by atoms with Gasteiger partial charge in [-0.25, -0.2) is 0 Å². The van der Waals surface area contributed by atoms with E-state index in [1.807, 2.05) is 0 Å². The molecule has 5 rings (SSSR count). The van der Waals surface area contributed by atoms with Crippen LogP contribution in [0.2, 0.25) is 0 Å². The molecule has 27 heavy (non-hydrogen) atoms. The fraction of sp³-hybridized carbons (Fsp3) is 0.120. The van der Waals surface area contributed by atoms with E-state index in [-0.39, 0.29) is 0 Å². The van der Waals surface area contributed by atoms with Gasteiger partial charge < -0.3 is 0 Å². The zero-order valence-electron chi connectivity index (χ0n) is 15.1. The first-order valence-corrected chi connectivity index (χ1v) is 9.43. The monoisotopic (exact) mass is 348 g/mol. The van der Waals surface area contributed by atoms with Gasteiger partial charge in [0.1, 0.15) is 0 Å². The molecule has 0 radical (unpaired) electrons. The second-order valence-electron chi connectivity index (χ2n) is 7.13. The lowest BCUT2D eigenvalue weighted by atomic mass is 9.85. The van der Waals surface area contributed by atoms with E-state index >= 15 is 0 Å². The molecule has 0 N–H and O–H groups in total. The molecule has 1 aromatic heterocycles. The zero-order valence-corrected chi connectivity index (χ0v) is 15.1. The standard InChI is InChI=1S/C25H20N2/c1-2-4-20(5-3-1)22-10-9-21-15-18(6-8-23(21)17-22)14-19-7-11-24-25(16-19)27-13-12-26-24/h1-5,7,9-14,16-17H,6,8,15H2/b18-14+. The summed E-state index contributed by atoms with van der Waals surface area (Å²) in [6, 6.07) is 23.9. The van der Waals surface area contributed by atoms with Crippen molar-refractivity contribution in [2.45, 2.75) is 19.3 Å². The van der Waals surface area contributed by atoms with Crippen molar-refractivity contribution in [3.63, 3.8) is 0 Å². The molecule has 0 atom stereocenters. The third-order valence-corrected chi connectivity index (χ3v) is 5.31. The first-order valence-electron chi connectivity index (χ1n) is 9.43. The Morgan fingerprint density at radius 1 is 0.667 bits per heavy atom. The van der Waals surface area contributed by atoms with Crippen LogP contribution in [-0.2, 0) is 12.8 Å². The second-order valence-corrected chi connectivity index (χ2v) is 7.13. The van der Waals surface area contributed by atoms with Crippen LogP contribution in [0.4, 0.5) is 0 Å². The highest BCUT2D eigenvalue weighted by Crippen LogP contribution is 2.30. The van der Waals surface area contributed by atoms with E-state index in [0.717, 1.165) is 30.3 Å². The van der Waals surface area contributed by atoms with Crippen molar-refractivity contribution in [3.8, 4) is 11.1 Å². The lowest BCUT2D eigenvalue weighted by Gasteiger charge is -2.20. The minimum atomic E-state index is 0.946. The van der Waals surface area contributed by atoms with E-state index in [0.29, 0.717) is 0 Å². The van der Waals surface area contributed by atoms with Gasteiger partial charge in [0, 0.05) is 12.4 Å². The van der Waals surface area contributed by atoms with Crippen LogP contribution >= 0.6 is 0 Å². The van der Waals surface area contributed by atoms with Crippen molar-refractivity contribution in [1.82, 2.24) is 9.97 Å². The van der Waals surface area contributed by atoms with Gasteiger partial charge in [-0.1, -0.05) is 66.2 Å². The topological polar surface area (TPSA) is 25.8 Å². The van der Waals surface area contributed by atoms with Gasteiger partial charge >= 0.3 is 0 Å². The summed E-state index contributed by atoms with van der Waals surface area (Å²) in [6.45, 7) is 0. The third-order valence-electron chi connectivity index (χ3n) is 5.31. The highest BCUT2D eigenvalue weighted by atomic mass is 14.8. The molecule has 0 aliphatic heterocycles. The molecule has 2 heteroatoms. The van der Waals surface area contributed by atoms with Crippen molar-refractivity contribution < 1.29 is 0 Å². The lowest BCUT2D eigenvalue weighted by Crippen LogP contribution is -2.05. The van der Waals surface area contributed by atoms with Crippen molar-refractivity contribution in [1.29, 1.82) is 0 Å². The number of hydrogen-bond acceptors (Lipinski definition) is 2. The summed E-state index contributed by atoms with van der Waals surface area (Å²) in [5, 5.41) is 0. The molecule has 1 heterocycles. The van der Waals surface area contributed by atoms with Gasteiger partial charge in [-0.15, -0.1) is 0 Å². The Bertz CT molecular complexity index is 1140. The van der Waals surface area contributed by atoms with Crippen LogP contribution in [0, 0.1) is 0 Å². The number of nitrogens with zero attached hydrogens (tertiary/aromatic N) is 2. The Balaban J connectivity index is 1.42. The van der Waals surface area contributed by atoms with E-state index in [1.165, 1.54) is 33.4 Å². The minimum absolute atomic E-state index is 0.946. The van der Waals surface area contributed by atoms with Crippen molar-refractivity contribution >= 4 is 17.1 Å². The largest absolute Gasteiger partial charge is 0.253 e. The summed E-state index contributed by atoms with van der Waals surface area (Å²) >= 11 is 0. The molecule has 0 amide bonds. The SMILES string of the molecule is C(=C1/CCc2cc(-c3ccccc3)ccc2C1)/c1ccc2nccnc2c1. The fourth-order valence-electron chi connectivity index (χ4n) is 3.90. The summed E-state index contributed by atoms with van der Waals surface area (Å²) in [6.07, 6.45) is 9.06. The first kappa shape index (κ1) is 16.0. The smallest absolute Gasteiger partial charge is 0.0892 e. The van der Waals surface area contributed by atoms with Gasteiger partial charge in [-0.05, 0) is 59.2 Å². The van der Waals surface area contributed by atoms with Crippen LogP contribution in [0.1, 0.15) is 23.1 Å². The predicted molar refractivity (Wildman–Crippen MR) is 111 cm³/mol. The Morgan fingerprint density at radius 2 is 1.52 bits per heavy atom. The maximum Gasteiger partial charge on any atom is 0.0892 e. The molecule has 1 aliphatic carbocycles. The van der Waals surface area contributed by atoms with Gasteiger partial charge in [0.25, 0.3) is 0 Å². The van der Waals surface area contributed by atoms with Crippen LogP contribution in [0.3, 0.4) is 0 Å². The van der Waals surface area contributed by atoms with Crippen LogP contribution < -0.4 is 0 Å². The average molecular weight is 348 g/mol. The van der Waals surface area contributed by atoms with Crippen molar-refractivity contribution in [2.24, 2.45) is 0 Å². The molecule has 0 bridgehead atoms. The molecule has 1 aliphatic rings. The first-order chi connectivity index (χ1) is 13.3. The normalized spacial score (nSPS) is 15.0. The van der Waals surface area contributed by atoms with Crippen LogP contribution in [0.15, 0.2) is 84.7 Å². The lowest BCUT2D eigenvalue weighted by molar-refractivity contribution is 0.844. The van der Waals surface area contributed by atoms with E-state index in [9.17, 15) is 0 Å². The quantitative estimate of drug-likeness (QED) is 0.453. The number of benzene rings is 3. The molecular weight excluding hydrogens is 328 g/mol. The number of fused-ring (bicyclic) bond motifs is 2. The molecule has 0 saturated carbocycles. The minimum Gasteiger partial charge on any atom is -0.253 e. The molecule has 2 nitrogen and oxygen atoms in total. The van der Waals surface area contributed by atoms with E-state index in [2.05, 4.69) is 82.8 Å². The Kier molecular flexibility index (Phi) is 4.02. The Morgan fingerprint density at radius 3 is 2.41 bits per heavy atom. The maximum atomic E-state index is 4.42. The van der Waals surface area contributed by atoms with E-state index < -0.39 is 0 Å². The molecule has 3 aromatic carbocycles. The maximum absolute atomic E-state index is 4.42. The highest BCUT2D eigenvalue weighted by Gasteiger charge is 2.14. The van der Waals surface area contributed by atoms with Crippen LogP contribution in [0.25, 0.3) is 28.2 Å². The summed E-state index contributed by atoms with van der Waals surface area (Å²) in [4.78, 5) is 8.77. The van der Waals surface area contributed by atoms with E-state index in [4.69, 9.17) is 0 Å². The molecule has 0 spiro atoms. The average Bonchev–Trinajstić information content (AvgIpc) is 2.74. The van der Waals surface area contributed by atoms with Gasteiger partial charge in [-0.2, -0.15) is 0 Å². The number of rotatable bonds is 2. The Hall–Kier alpha value is -3.26. The summed E-state index contributed by atoms with van der Waals surface area (Å²) < 4.78 is 0. The fourth-order valence-corrected chi connectivity index (χ4v) is 3.90. The van der Waals surface area contributed by atoms with Crippen molar-refractivity contribution in [3.05, 3.63) is 101 Å². The number of hydrogen-bond donors (Lipinski definition) is 0. The summed E-state index contributed by atoms with van der Waals surface area (Å²) in [5.74, 6) is 0. The number of aryl methyl sites for hydroxylation is 1. The second kappa shape index (κ2) is 6.81. The Labute approximate surface area is 159 Å². The number of aromatic nitrogens is 2. The van der Waals surface area contributed by atoms with Gasteiger partial charge in [0.05, 0.1) is 11.0 Å². The number of allylic oxidation sites excluding steroid dienone is 1. The van der Waals surface area contributed by atoms with Crippen LogP contribution in [-0.4, -0.2) is 9.97 Å². The van der Waals surface area contributed by atoms with Gasteiger partial charge in [0.15, 0.2) is 0 Å². The predicted octanol–water partition coefficient (Wildman–Crippen LogP) is 5.87. The molecule has 0 unspecified atom stereocenters. The molecular formula is C25H20N2. The van der Waals surface area contributed by atoms with Crippen molar-refractivity contribution in [2.75, 3.05) is 0 Å². The van der Waals surface area contributed by atoms with Crippen LogP contribution in [0.5, 0.6) is 0 Å². The highest BCUT2D eigenvalue weighted by molar-refractivity contribution is 5.77. The van der Waals surface area contributed by atoms with Gasteiger partial charge in [0.2, 0.25) is 0 Å². The molecule has 4 aromatic rings. The summed E-state index contributed by atoms with van der Waals surface area (Å²) in [5.41, 5.74) is 10.1. The summed E-state index contributed by atoms with van der Waals surface area (Å²) in [7, 11) is 0. The molecule has 0 fully saturated rings. The molecule has 0 saturated heterocycles. The third kappa shape index (κ3) is 3.26. The van der Waals surface area contributed by atoms with E-state index in [1.54, 1.807) is 12.4 Å². The molecule has 130 valence electrons. The van der Waals surface area contributed by atoms with Gasteiger partial charge in [-0.3, -0.25) is 9.97 Å². The zero-order chi connectivity index (χ0) is 18.1.